The number of hydrogen-bond acceptors (Lipinski definition) is 6. The van der Waals surface area contributed by atoms with Gasteiger partial charge < -0.3 is 4.57 Å². The average molecular weight is 474 g/mol. The Morgan fingerprint density at radius 1 is 1.00 bits per heavy atom. The number of pyridine rings is 2. The van der Waals surface area contributed by atoms with Crippen LogP contribution in [0.4, 0.5) is 4.39 Å². The predicted octanol–water partition coefficient (Wildman–Crippen LogP) is 4.17. The standard InChI is InChI=1S/C26H24FN5OS/c1-34-26-29-13-19(14-30-26)15-31-11-8-24-21(17-31)12-23(20-6-9-28-10-7-20)25(33)32(24)16-18-2-4-22(27)5-3-18/h2-7,9-10,12-14H,8,11,15-17H2,1H3. The molecule has 0 unspecified atom stereocenters. The van der Waals surface area contributed by atoms with Gasteiger partial charge in [0.05, 0.1) is 6.54 Å². The van der Waals surface area contributed by atoms with E-state index in [1.807, 2.05) is 41.4 Å². The lowest BCUT2D eigenvalue weighted by Crippen LogP contribution is -2.36. The van der Waals surface area contributed by atoms with Gasteiger partial charge in [-0.2, -0.15) is 0 Å². The summed E-state index contributed by atoms with van der Waals surface area (Å²) >= 11 is 1.52. The molecular weight excluding hydrogens is 449 g/mol. The number of nitrogens with zero attached hydrogens (tertiary/aromatic N) is 5. The summed E-state index contributed by atoms with van der Waals surface area (Å²) in [6, 6.07) is 12.1. The van der Waals surface area contributed by atoms with E-state index in [9.17, 15) is 9.18 Å². The van der Waals surface area contributed by atoms with E-state index in [1.165, 1.54) is 23.9 Å². The quantitative estimate of drug-likeness (QED) is 0.309. The molecule has 8 heteroatoms. The van der Waals surface area contributed by atoms with Gasteiger partial charge in [0.25, 0.3) is 5.56 Å². The van der Waals surface area contributed by atoms with Gasteiger partial charge in [0, 0.05) is 67.7 Å². The third-order valence-corrected chi connectivity index (χ3v) is 6.64. The maximum Gasteiger partial charge on any atom is 0.258 e. The molecule has 0 aliphatic carbocycles. The van der Waals surface area contributed by atoms with Crippen molar-refractivity contribution in [3.8, 4) is 11.1 Å². The number of thioether (sulfide) groups is 1. The summed E-state index contributed by atoms with van der Waals surface area (Å²) in [5.74, 6) is -0.283. The molecule has 0 N–H and O–H groups in total. The summed E-state index contributed by atoms with van der Waals surface area (Å²) < 4.78 is 15.3. The van der Waals surface area contributed by atoms with Crippen molar-refractivity contribution in [2.24, 2.45) is 0 Å². The molecule has 172 valence electrons. The van der Waals surface area contributed by atoms with Crippen LogP contribution in [0.5, 0.6) is 0 Å². The third-order valence-electron chi connectivity index (χ3n) is 6.07. The summed E-state index contributed by atoms with van der Waals surface area (Å²) in [4.78, 5) is 28.8. The summed E-state index contributed by atoms with van der Waals surface area (Å²) in [5.41, 5.74) is 5.58. The largest absolute Gasteiger partial charge is 0.307 e. The monoisotopic (exact) mass is 473 g/mol. The van der Waals surface area contributed by atoms with E-state index < -0.39 is 0 Å². The highest BCUT2D eigenvalue weighted by atomic mass is 32.2. The van der Waals surface area contributed by atoms with Crippen LogP contribution in [0.2, 0.25) is 0 Å². The van der Waals surface area contributed by atoms with Crippen LogP contribution in [-0.2, 0) is 26.1 Å². The second-order valence-electron chi connectivity index (χ2n) is 8.32. The molecule has 0 fully saturated rings. The normalized spacial score (nSPS) is 13.6. The Morgan fingerprint density at radius 3 is 2.44 bits per heavy atom. The molecule has 4 heterocycles. The van der Waals surface area contributed by atoms with Gasteiger partial charge in [-0.05, 0) is 53.3 Å². The van der Waals surface area contributed by atoms with Gasteiger partial charge in [-0.3, -0.25) is 14.7 Å². The van der Waals surface area contributed by atoms with Crippen LogP contribution in [0.1, 0.15) is 22.4 Å². The number of halogens is 1. The first-order chi connectivity index (χ1) is 16.6. The zero-order valence-electron chi connectivity index (χ0n) is 18.8. The molecule has 5 rings (SSSR count). The SMILES string of the molecule is CSc1ncc(CN2CCc3c(cc(-c4ccncc4)c(=O)n3Cc3ccc(F)cc3)C2)cn1. The lowest BCUT2D eigenvalue weighted by molar-refractivity contribution is 0.239. The fourth-order valence-electron chi connectivity index (χ4n) is 4.38. The van der Waals surface area contributed by atoms with Crippen LogP contribution in [0.3, 0.4) is 0 Å². The fraction of sp³-hybridized carbons (Fsp3) is 0.231. The molecule has 0 spiro atoms. The Balaban J connectivity index is 1.50. The average Bonchev–Trinajstić information content (AvgIpc) is 2.88. The van der Waals surface area contributed by atoms with Gasteiger partial charge in [0.15, 0.2) is 5.16 Å². The van der Waals surface area contributed by atoms with Crippen LogP contribution in [0.25, 0.3) is 11.1 Å². The minimum atomic E-state index is -0.283. The predicted molar refractivity (Wildman–Crippen MR) is 131 cm³/mol. The minimum absolute atomic E-state index is 0.0382. The molecule has 34 heavy (non-hydrogen) atoms. The van der Waals surface area contributed by atoms with Gasteiger partial charge in [0.2, 0.25) is 0 Å². The van der Waals surface area contributed by atoms with Crippen molar-refractivity contribution in [1.29, 1.82) is 0 Å². The number of aromatic nitrogens is 4. The molecule has 0 amide bonds. The van der Waals surface area contributed by atoms with Crippen molar-refractivity contribution >= 4 is 11.8 Å². The van der Waals surface area contributed by atoms with Crippen LogP contribution >= 0.6 is 11.8 Å². The highest BCUT2D eigenvalue weighted by Gasteiger charge is 2.23. The van der Waals surface area contributed by atoms with Crippen molar-refractivity contribution < 1.29 is 4.39 Å². The maximum absolute atomic E-state index is 13.6. The first-order valence-corrected chi connectivity index (χ1v) is 12.3. The molecule has 0 radical (unpaired) electrons. The summed E-state index contributed by atoms with van der Waals surface area (Å²) in [7, 11) is 0. The lowest BCUT2D eigenvalue weighted by Gasteiger charge is -2.31. The van der Waals surface area contributed by atoms with Gasteiger partial charge in [0.1, 0.15) is 5.82 Å². The van der Waals surface area contributed by atoms with Crippen LogP contribution in [0, 0.1) is 5.82 Å². The maximum atomic E-state index is 13.6. The number of fused-ring (bicyclic) bond motifs is 1. The smallest absolute Gasteiger partial charge is 0.258 e. The number of hydrogen-bond donors (Lipinski definition) is 0. The van der Waals surface area contributed by atoms with Gasteiger partial charge in [-0.15, -0.1) is 0 Å². The lowest BCUT2D eigenvalue weighted by atomic mass is 9.99. The van der Waals surface area contributed by atoms with Crippen molar-refractivity contribution in [3.05, 3.63) is 106 Å². The van der Waals surface area contributed by atoms with E-state index in [4.69, 9.17) is 0 Å². The molecule has 0 atom stereocenters. The van der Waals surface area contributed by atoms with Crippen molar-refractivity contribution in [2.45, 2.75) is 31.2 Å². The molecule has 4 aromatic rings. The zero-order chi connectivity index (χ0) is 23.5. The van der Waals surface area contributed by atoms with Crippen LogP contribution in [0.15, 0.2) is 77.2 Å². The van der Waals surface area contributed by atoms with Gasteiger partial charge in [-0.1, -0.05) is 23.9 Å². The van der Waals surface area contributed by atoms with Crippen molar-refractivity contribution in [2.75, 3.05) is 12.8 Å². The molecule has 0 saturated carbocycles. The zero-order valence-corrected chi connectivity index (χ0v) is 19.6. The first kappa shape index (κ1) is 22.4. The molecule has 3 aromatic heterocycles. The summed E-state index contributed by atoms with van der Waals surface area (Å²) in [6.45, 7) is 2.70. The molecule has 1 aliphatic rings. The molecule has 1 aliphatic heterocycles. The Hall–Kier alpha value is -3.36. The highest BCUT2D eigenvalue weighted by molar-refractivity contribution is 7.98. The Morgan fingerprint density at radius 2 is 1.74 bits per heavy atom. The second kappa shape index (κ2) is 9.87. The highest BCUT2D eigenvalue weighted by Crippen LogP contribution is 2.25. The van der Waals surface area contributed by atoms with E-state index in [1.54, 1.807) is 24.5 Å². The van der Waals surface area contributed by atoms with Crippen molar-refractivity contribution in [3.63, 3.8) is 0 Å². The first-order valence-electron chi connectivity index (χ1n) is 11.1. The van der Waals surface area contributed by atoms with Gasteiger partial charge in [-0.25, -0.2) is 14.4 Å². The van der Waals surface area contributed by atoms with Crippen LogP contribution in [-0.4, -0.2) is 37.2 Å². The summed E-state index contributed by atoms with van der Waals surface area (Å²) in [6.07, 6.45) is 9.87. The van der Waals surface area contributed by atoms with E-state index in [-0.39, 0.29) is 11.4 Å². The van der Waals surface area contributed by atoms with Crippen LogP contribution < -0.4 is 5.56 Å². The molecular formula is C26H24FN5OS. The Bertz CT molecular complexity index is 1340. The molecule has 0 saturated heterocycles. The summed E-state index contributed by atoms with van der Waals surface area (Å²) in [5, 5.41) is 0.763. The fourth-order valence-corrected chi connectivity index (χ4v) is 4.69. The van der Waals surface area contributed by atoms with E-state index >= 15 is 0 Å². The topological polar surface area (TPSA) is 63.9 Å². The molecule has 0 bridgehead atoms. The van der Waals surface area contributed by atoms with E-state index in [0.717, 1.165) is 59.2 Å². The second-order valence-corrected chi connectivity index (χ2v) is 9.10. The third kappa shape index (κ3) is 4.78. The number of benzene rings is 1. The van der Waals surface area contributed by atoms with Crippen molar-refractivity contribution in [1.82, 2.24) is 24.4 Å². The Labute approximate surface area is 201 Å². The Kier molecular flexibility index (Phi) is 6.51. The van der Waals surface area contributed by atoms with Gasteiger partial charge >= 0.3 is 0 Å². The van der Waals surface area contributed by atoms with E-state index in [0.29, 0.717) is 12.1 Å². The van der Waals surface area contributed by atoms with E-state index in [2.05, 4.69) is 19.9 Å². The minimum Gasteiger partial charge on any atom is -0.307 e. The molecule has 6 nitrogen and oxygen atoms in total. The molecule has 1 aromatic carbocycles. The number of rotatable bonds is 6.